The maximum Gasteiger partial charge on any atom is 0.272 e. The Labute approximate surface area is 204 Å². The third-order valence-electron chi connectivity index (χ3n) is 5.08. The molecule has 0 aliphatic carbocycles. The minimum Gasteiger partial charge on any atom is -0.394 e. The van der Waals surface area contributed by atoms with E-state index in [1.165, 1.54) is 10.4 Å². The first-order valence-electron chi connectivity index (χ1n) is 9.86. The van der Waals surface area contributed by atoms with Crippen molar-refractivity contribution in [3.8, 4) is 12.3 Å². The SMILES string of the molecule is C#Cc1cc([N+](=O)[O-])cc(S(=O)(=O)N2CCN(CC(O)CO)CC2)c1N(CCBr)CCBr. The van der Waals surface area contributed by atoms with Crippen LogP contribution in [-0.2, 0) is 10.0 Å². The van der Waals surface area contributed by atoms with E-state index in [9.17, 15) is 23.6 Å². The standard InChI is InChI=1S/C19H26Br2N4O6S/c1-2-15-11-16(25(28)29)12-18(19(15)23(5-3-20)6-4-21)32(30,31)24-9-7-22(8-10-24)13-17(27)14-26/h1,11-12,17,26-27H,3-10,13-14H2. The van der Waals surface area contributed by atoms with Gasteiger partial charge in [-0.1, -0.05) is 37.8 Å². The van der Waals surface area contributed by atoms with Gasteiger partial charge in [-0.25, -0.2) is 8.42 Å². The maximum absolute atomic E-state index is 13.6. The highest BCUT2D eigenvalue weighted by atomic mass is 79.9. The van der Waals surface area contributed by atoms with Crippen LogP contribution in [0.1, 0.15) is 5.56 Å². The minimum atomic E-state index is -4.10. The van der Waals surface area contributed by atoms with E-state index in [1.807, 2.05) is 4.90 Å². The lowest BCUT2D eigenvalue weighted by molar-refractivity contribution is -0.385. The van der Waals surface area contributed by atoms with Crippen LogP contribution in [0.25, 0.3) is 0 Å². The third kappa shape index (κ3) is 6.40. The van der Waals surface area contributed by atoms with Gasteiger partial charge in [0.05, 0.1) is 28.9 Å². The second kappa shape index (κ2) is 12.3. The fraction of sp³-hybridized carbons (Fsp3) is 0.579. The second-order valence-electron chi connectivity index (χ2n) is 7.15. The average molecular weight is 598 g/mol. The van der Waals surface area contributed by atoms with Crippen LogP contribution in [-0.4, -0.2) is 102 Å². The molecule has 2 rings (SSSR count). The van der Waals surface area contributed by atoms with Crippen LogP contribution in [0, 0.1) is 22.5 Å². The zero-order chi connectivity index (χ0) is 23.9. The Hall–Kier alpha value is -1.27. The molecule has 0 bridgehead atoms. The summed E-state index contributed by atoms with van der Waals surface area (Å²) in [5, 5.41) is 31.2. The predicted octanol–water partition coefficient (Wildman–Crippen LogP) is 0.832. The summed E-state index contributed by atoms with van der Waals surface area (Å²) in [5.41, 5.74) is 0.0297. The van der Waals surface area contributed by atoms with E-state index in [1.54, 1.807) is 4.90 Å². The van der Waals surface area contributed by atoms with E-state index in [0.717, 1.165) is 6.07 Å². The molecule has 1 aromatic carbocycles. The van der Waals surface area contributed by atoms with E-state index < -0.39 is 21.1 Å². The lowest BCUT2D eigenvalue weighted by Gasteiger charge is -2.35. The van der Waals surface area contributed by atoms with Crippen LogP contribution in [0.3, 0.4) is 0 Å². The molecule has 0 radical (unpaired) electrons. The molecule has 0 spiro atoms. The fourth-order valence-electron chi connectivity index (χ4n) is 3.52. The molecule has 0 aromatic heterocycles. The highest BCUT2D eigenvalue weighted by Gasteiger charge is 2.34. The van der Waals surface area contributed by atoms with Crippen molar-refractivity contribution in [1.82, 2.24) is 9.21 Å². The third-order valence-corrected chi connectivity index (χ3v) is 7.70. The number of aliphatic hydroxyl groups excluding tert-OH is 2. The zero-order valence-corrected chi connectivity index (χ0v) is 21.3. The first-order valence-corrected chi connectivity index (χ1v) is 13.5. The van der Waals surface area contributed by atoms with Gasteiger partial charge in [0.15, 0.2) is 0 Å². The van der Waals surface area contributed by atoms with Crippen molar-refractivity contribution in [3.05, 3.63) is 27.8 Å². The number of rotatable bonds is 11. The van der Waals surface area contributed by atoms with Gasteiger partial charge in [0.2, 0.25) is 10.0 Å². The normalized spacial score (nSPS) is 16.5. The Kier molecular flexibility index (Phi) is 10.3. The molecule has 1 aliphatic rings. The van der Waals surface area contributed by atoms with Gasteiger partial charge in [-0.3, -0.25) is 15.0 Å². The van der Waals surface area contributed by atoms with E-state index in [2.05, 4.69) is 37.8 Å². The molecule has 1 aliphatic heterocycles. The summed E-state index contributed by atoms with van der Waals surface area (Å²) >= 11 is 6.73. The van der Waals surface area contributed by atoms with Crippen molar-refractivity contribution >= 4 is 53.3 Å². The summed E-state index contributed by atoms with van der Waals surface area (Å²) in [6.07, 6.45) is 4.74. The van der Waals surface area contributed by atoms with Gasteiger partial charge in [-0.2, -0.15) is 4.31 Å². The molecule has 13 heteroatoms. The molecule has 32 heavy (non-hydrogen) atoms. The zero-order valence-electron chi connectivity index (χ0n) is 17.4. The van der Waals surface area contributed by atoms with Crippen molar-refractivity contribution in [2.24, 2.45) is 0 Å². The number of anilines is 1. The molecular formula is C19H26Br2N4O6S. The minimum absolute atomic E-state index is 0.143. The van der Waals surface area contributed by atoms with Crippen LogP contribution < -0.4 is 4.90 Å². The number of benzene rings is 1. The molecule has 2 N–H and O–H groups in total. The van der Waals surface area contributed by atoms with Gasteiger partial charge in [-0.05, 0) is 0 Å². The van der Waals surface area contributed by atoms with Crippen LogP contribution in [0.4, 0.5) is 11.4 Å². The Morgan fingerprint density at radius 2 is 1.81 bits per heavy atom. The molecule has 0 amide bonds. The largest absolute Gasteiger partial charge is 0.394 e. The number of nitrogens with zero attached hydrogens (tertiary/aromatic N) is 4. The lowest BCUT2D eigenvalue weighted by atomic mass is 10.1. The number of aliphatic hydroxyl groups is 2. The average Bonchev–Trinajstić information content (AvgIpc) is 2.78. The summed E-state index contributed by atoms with van der Waals surface area (Å²) in [6, 6.07) is 2.29. The number of hydrogen-bond acceptors (Lipinski definition) is 8. The van der Waals surface area contributed by atoms with E-state index in [-0.39, 0.29) is 48.1 Å². The number of hydrogen-bond donors (Lipinski definition) is 2. The highest BCUT2D eigenvalue weighted by molar-refractivity contribution is 9.09. The summed E-state index contributed by atoms with van der Waals surface area (Å²) in [4.78, 5) is 14.3. The van der Waals surface area contributed by atoms with Crippen LogP contribution >= 0.6 is 31.9 Å². The molecule has 178 valence electrons. The van der Waals surface area contributed by atoms with E-state index >= 15 is 0 Å². The maximum atomic E-state index is 13.6. The van der Waals surface area contributed by atoms with Gasteiger partial charge < -0.3 is 15.1 Å². The van der Waals surface area contributed by atoms with Crippen molar-refractivity contribution in [1.29, 1.82) is 0 Å². The first-order chi connectivity index (χ1) is 15.2. The molecule has 0 saturated carbocycles. The van der Waals surface area contributed by atoms with Gasteiger partial charge in [0.1, 0.15) is 4.90 Å². The number of nitro benzene ring substituents is 1. The van der Waals surface area contributed by atoms with Gasteiger partial charge in [-0.15, -0.1) is 6.42 Å². The van der Waals surface area contributed by atoms with Crippen LogP contribution in [0.5, 0.6) is 0 Å². The fourth-order valence-corrected chi connectivity index (χ4v) is 6.05. The monoisotopic (exact) mass is 596 g/mol. The van der Waals surface area contributed by atoms with Crippen LogP contribution in [0.15, 0.2) is 17.0 Å². The number of halogens is 2. The number of sulfonamides is 1. The summed E-state index contributed by atoms with van der Waals surface area (Å²) in [6.45, 7) is 1.76. The Morgan fingerprint density at radius 1 is 1.22 bits per heavy atom. The number of piperazine rings is 1. The van der Waals surface area contributed by atoms with Crippen molar-refractivity contribution in [2.45, 2.75) is 11.0 Å². The summed E-state index contributed by atoms with van der Waals surface area (Å²) in [5.74, 6) is 2.42. The number of terminal acetylenes is 1. The number of β-amino-alcohol motifs (C(OH)–C–C–N with tert-alkyl or cyclic N) is 1. The Balaban J connectivity index is 2.50. The summed E-state index contributed by atoms with van der Waals surface area (Å²) < 4.78 is 28.5. The molecular weight excluding hydrogens is 572 g/mol. The Bertz CT molecular complexity index is 942. The van der Waals surface area contributed by atoms with Crippen molar-refractivity contribution in [2.75, 3.05) is 68.0 Å². The molecule has 1 atom stereocenters. The smallest absolute Gasteiger partial charge is 0.272 e. The lowest BCUT2D eigenvalue weighted by Crippen LogP contribution is -2.50. The quantitative estimate of drug-likeness (QED) is 0.166. The van der Waals surface area contributed by atoms with E-state index in [4.69, 9.17) is 11.5 Å². The number of alkyl halides is 2. The van der Waals surface area contributed by atoms with Gasteiger partial charge in [0, 0.05) is 68.6 Å². The van der Waals surface area contributed by atoms with Gasteiger partial charge in [0.25, 0.3) is 5.69 Å². The van der Waals surface area contributed by atoms with Crippen molar-refractivity contribution < 1.29 is 23.6 Å². The molecule has 1 aromatic rings. The predicted molar refractivity (Wildman–Crippen MR) is 129 cm³/mol. The molecule has 1 heterocycles. The topological polar surface area (TPSA) is 127 Å². The molecule has 10 nitrogen and oxygen atoms in total. The first kappa shape index (κ1) is 27.0. The molecule has 1 unspecified atom stereocenters. The number of non-ortho nitro benzene ring substituents is 1. The Morgan fingerprint density at radius 3 is 2.28 bits per heavy atom. The van der Waals surface area contributed by atoms with Crippen molar-refractivity contribution in [3.63, 3.8) is 0 Å². The van der Waals surface area contributed by atoms with Crippen LogP contribution in [0.2, 0.25) is 0 Å². The van der Waals surface area contributed by atoms with Gasteiger partial charge >= 0.3 is 0 Å². The molecule has 1 fully saturated rings. The van der Waals surface area contributed by atoms with E-state index in [0.29, 0.717) is 36.8 Å². The summed E-state index contributed by atoms with van der Waals surface area (Å²) in [7, 11) is -4.10. The number of nitro groups is 1. The highest BCUT2D eigenvalue weighted by Crippen LogP contribution is 2.35. The second-order valence-corrected chi connectivity index (χ2v) is 10.6. The molecule has 1 saturated heterocycles.